The van der Waals surface area contributed by atoms with Crippen molar-refractivity contribution in [3.8, 4) is 11.3 Å². The van der Waals surface area contributed by atoms with Gasteiger partial charge in [0.25, 0.3) is 0 Å². The lowest BCUT2D eigenvalue weighted by Gasteiger charge is -2.39. The number of hydrogen-bond acceptors (Lipinski definition) is 3. The molecule has 4 heteroatoms. The Kier molecular flexibility index (Phi) is 8.45. The molecule has 0 bridgehead atoms. The summed E-state index contributed by atoms with van der Waals surface area (Å²) in [7, 11) is 0. The topological polar surface area (TPSA) is 34.0 Å². The quantitative estimate of drug-likeness (QED) is 0.185. The Labute approximate surface area is 330 Å². The molecule has 0 saturated carbocycles. The van der Waals surface area contributed by atoms with Crippen molar-refractivity contribution >= 4 is 33.8 Å². The van der Waals surface area contributed by atoms with Crippen LogP contribution in [0.4, 0.5) is 0 Å². The van der Waals surface area contributed by atoms with Gasteiger partial charge in [-0.15, -0.1) is 0 Å². The smallest absolute Gasteiger partial charge is 0.160 e. The normalized spacial score (nSPS) is 24.9. The van der Waals surface area contributed by atoms with Crippen LogP contribution in [0.1, 0.15) is 92.0 Å². The van der Waals surface area contributed by atoms with Crippen LogP contribution >= 0.6 is 0 Å². The summed E-state index contributed by atoms with van der Waals surface area (Å²) in [6, 6.07) is 20.9. The van der Waals surface area contributed by atoms with E-state index < -0.39 is 0 Å². The van der Waals surface area contributed by atoms with Crippen molar-refractivity contribution in [2.24, 2.45) is 5.92 Å². The Balaban J connectivity index is 1.10. The number of fused-ring (bicyclic) bond motifs is 5. The average molecular weight is 729 g/mol. The number of para-hydroxylation sites is 1. The van der Waals surface area contributed by atoms with E-state index in [-0.39, 0.29) is 6.04 Å². The highest BCUT2D eigenvalue weighted by Crippen LogP contribution is 2.48. The monoisotopic (exact) mass is 728 g/mol. The predicted octanol–water partition coefficient (Wildman–Crippen LogP) is 12.3. The maximum Gasteiger partial charge on any atom is 0.160 e. The van der Waals surface area contributed by atoms with Gasteiger partial charge >= 0.3 is 0 Å². The second kappa shape index (κ2) is 14.1. The van der Waals surface area contributed by atoms with Crippen molar-refractivity contribution in [3.05, 3.63) is 179 Å². The fourth-order valence-corrected chi connectivity index (χ4v) is 10.5. The molecule has 0 fully saturated rings. The van der Waals surface area contributed by atoms with E-state index in [1.54, 1.807) is 5.57 Å². The second-order valence-corrected chi connectivity index (χ2v) is 16.4. The first kappa shape index (κ1) is 33.6. The number of aromatic nitrogens is 3. The lowest BCUT2D eigenvalue weighted by atomic mass is 9.83. The first-order valence-corrected chi connectivity index (χ1v) is 21.0. The van der Waals surface area contributed by atoms with Gasteiger partial charge in [-0.1, -0.05) is 109 Å². The Morgan fingerprint density at radius 3 is 2.55 bits per heavy atom. The maximum atomic E-state index is 5.46. The minimum absolute atomic E-state index is 0.171. The van der Waals surface area contributed by atoms with Gasteiger partial charge in [-0.2, -0.15) is 0 Å². The molecule has 4 unspecified atom stereocenters. The molecular formula is C52H48N4. The third-order valence-corrected chi connectivity index (χ3v) is 13.1. The van der Waals surface area contributed by atoms with Crippen LogP contribution in [0.2, 0.25) is 0 Å². The molecule has 0 saturated heterocycles. The highest BCUT2D eigenvalue weighted by atomic mass is 15.2. The van der Waals surface area contributed by atoms with Crippen molar-refractivity contribution in [1.29, 1.82) is 0 Å². The van der Waals surface area contributed by atoms with Gasteiger partial charge in [-0.25, -0.2) is 9.97 Å². The largest absolute Gasteiger partial charge is 0.358 e. The highest BCUT2D eigenvalue weighted by molar-refractivity contribution is 5.94. The lowest BCUT2D eigenvalue weighted by molar-refractivity contribution is 0.235. The summed E-state index contributed by atoms with van der Waals surface area (Å²) in [6.45, 7) is 0. The molecule has 4 aromatic rings. The number of benzene rings is 2. The van der Waals surface area contributed by atoms with Gasteiger partial charge in [-0.05, 0) is 111 Å². The van der Waals surface area contributed by atoms with Crippen LogP contribution in [0.25, 0.3) is 45.1 Å². The first-order valence-electron chi connectivity index (χ1n) is 21.0. The summed E-state index contributed by atoms with van der Waals surface area (Å²) in [6.07, 6.45) is 46.2. The van der Waals surface area contributed by atoms with E-state index in [9.17, 15) is 0 Å². The number of aryl methyl sites for hydroxylation is 1. The van der Waals surface area contributed by atoms with Gasteiger partial charge in [0.2, 0.25) is 0 Å². The fourth-order valence-electron chi connectivity index (χ4n) is 10.5. The molecule has 7 aliphatic rings. The van der Waals surface area contributed by atoms with Crippen LogP contribution in [-0.4, -0.2) is 31.5 Å². The number of hydrogen-bond donors (Lipinski definition) is 0. The Morgan fingerprint density at radius 2 is 1.62 bits per heavy atom. The molecule has 3 heterocycles. The van der Waals surface area contributed by atoms with Gasteiger partial charge < -0.3 is 9.47 Å². The predicted molar refractivity (Wildman–Crippen MR) is 232 cm³/mol. The zero-order valence-electron chi connectivity index (χ0n) is 32.0. The molecule has 6 aliphatic carbocycles. The molecule has 4 atom stereocenters. The standard InChI is InChI=1S/C52H48N4/c1-3-16-35(17-4-1)37-20-15-21-38(30-37)46-34-47(54-52(53-46)36-18-5-2-6-19-36)39-31-40(55-48-26-11-7-22-42(48)43-23-8-12-27-49(43)55)33-41(32-39)56-50-28-13-9-24-44(50)45-25-10-14-29-51(45)56/h1,3-5,7,11-16,18-22,26-32,34-35,41,44,50H,2,6,8-10,17,23-25,33H2. The Morgan fingerprint density at radius 1 is 0.714 bits per heavy atom. The van der Waals surface area contributed by atoms with Gasteiger partial charge in [-0.3, -0.25) is 0 Å². The molecule has 2 aromatic heterocycles. The van der Waals surface area contributed by atoms with Gasteiger partial charge in [0.05, 0.1) is 29.0 Å². The van der Waals surface area contributed by atoms with E-state index in [0.717, 1.165) is 73.3 Å². The summed E-state index contributed by atoms with van der Waals surface area (Å²) >= 11 is 0. The van der Waals surface area contributed by atoms with Crippen molar-refractivity contribution in [3.63, 3.8) is 0 Å². The number of allylic oxidation sites excluding steroid dienone is 14. The van der Waals surface area contributed by atoms with E-state index in [2.05, 4.69) is 155 Å². The minimum Gasteiger partial charge on any atom is -0.358 e. The minimum atomic E-state index is 0.171. The molecule has 2 aromatic carbocycles. The van der Waals surface area contributed by atoms with Crippen molar-refractivity contribution in [2.45, 2.75) is 82.2 Å². The Hall–Kier alpha value is -5.74. The molecule has 4 nitrogen and oxygen atoms in total. The SMILES string of the molecule is C1=CCC(c2cccc(-c3cc(C4=CC(N5C6=C(CCC=C6)C6CCC=CC65)CC(n5c6c(c7ccccc75)CCC=C6)=C4)nc(C4=CCCC=C4)n3)c2)C=C1. The van der Waals surface area contributed by atoms with E-state index in [0.29, 0.717) is 17.9 Å². The summed E-state index contributed by atoms with van der Waals surface area (Å²) in [4.78, 5) is 13.6. The summed E-state index contributed by atoms with van der Waals surface area (Å²) in [5, 5.41) is 1.38. The van der Waals surface area contributed by atoms with Crippen LogP contribution in [-0.2, 0) is 6.42 Å². The van der Waals surface area contributed by atoms with Crippen molar-refractivity contribution in [1.82, 2.24) is 19.4 Å². The molecule has 11 rings (SSSR count). The third kappa shape index (κ3) is 5.81. The second-order valence-electron chi connectivity index (χ2n) is 16.4. The Bertz CT molecular complexity index is 2570. The molecule has 1 aliphatic heterocycles. The van der Waals surface area contributed by atoms with Gasteiger partial charge in [0.1, 0.15) is 0 Å². The zero-order valence-corrected chi connectivity index (χ0v) is 32.0. The van der Waals surface area contributed by atoms with Crippen LogP contribution in [0.3, 0.4) is 0 Å². The summed E-state index contributed by atoms with van der Waals surface area (Å²) < 4.78 is 2.58. The third-order valence-electron chi connectivity index (χ3n) is 13.1. The molecule has 0 spiro atoms. The fraction of sp³-hybridized carbons (Fsp3) is 0.269. The average Bonchev–Trinajstić information content (AvgIpc) is 3.80. The van der Waals surface area contributed by atoms with Crippen LogP contribution in [0.5, 0.6) is 0 Å². The molecule has 0 N–H and O–H groups in total. The molecule has 0 amide bonds. The van der Waals surface area contributed by atoms with E-state index >= 15 is 0 Å². The summed E-state index contributed by atoms with van der Waals surface area (Å²) in [5.74, 6) is 1.78. The van der Waals surface area contributed by atoms with Crippen LogP contribution < -0.4 is 0 Å². The molecule has 56 heavy (non-hydrogen) atoms. The van der Waals surface area contributed by atoms with E-state index in [1.807, 2.05) is 0 Å². The summed E-state index contributed by atoms with van der Waals surface area (Å²) in [5.41, 5.74) is 15.3. The van der Waals surface area contributed by atoms with Crippen LogP contribution in [0.15, 0.2) is 151 Å². The molecule has 276 valence electrons. The van der Waals surface area contributed by atoms with Crippen molar-refractivity contribution < 1.29 is 0 Å². The molecular weight excluding hydrogens is 681 g/mol. The first-order chi connectivity index (χ1) is 27.8. The number of rotatable bonds is 6. The number of nitrogens with zero attached hydrogens (tertiary/aromatic N) is 4. The zero-order chi connectivity index (χ0) is 37.0. The molecule has 0 radical (unpaired) electrons. The highest BCUT2D eigenvalue weighted by Gasteiger charge is 2.43. The van der Waals surface area contributed by atoms with Gasteiger partial charge in [0, 0.05) is 57.4 Å². The van der Waals surface area contributed by atoms with E-state index in [4.69, 9.17) is 9.97 Å². The van der Waals surface area contributed by atoms with Gasteiger partial charge in [0.15, 0.2) is 5.82 Å². The lowest BCUT2D eigenvalue weighted by Crippen LogP contribution is -2.41. The van der Waals surface area contributed by atoms with Crippen molar-refractivity contribution in [2.75, 3.05) is 0 Å². The maximum absolute atomic E-state index is 5.46. The van der Waals surface area contributed by atoms with E-state index in [1.165, 1.54) is 64.0 Å². The van der Waals surface area contributed by atoms with Crippen LogP contribution in [0, 0.1) is 5.92 Å².